The first-order valence-electron chi connectivity index (χ1n) is 5.51. The van der Waals surface area contributed by atoms with Crippen LogP contribution in [0.3, 0.4) is 0 Å². The molecule has 0 aliphatic heterocycles. The molecular formula is C12H10F3N3O2. The van der Waals surface area contributed by atoms with Crippen molar-refractivity contribution in [3.05, 3.63) is 42.2 Å². The van der Waals surface area contributed by atoms with Crippen molar-refractivity contribution in [3.63, 3.8) is 0 Å². The molecule has 1 heterocycles. The SMILES string of the molecule is NC(=O)c1nn(-c2ccccc2)cc1OCC(F)(F)F. The third-order valence-corrected chi connectivity index (χ3v) is 2.33. The molecule has 1 amide bonds. The highest BCUT2D eigenvalue weighted by molar-refractivity contribution is 5.93. The molecule has 5 nitrogen and oxygen atoms in total. The molecule has 2 rings (SSSR count). The monoisotopic (exact) mass is 285 g/mol. The predicted molar refractivity (Wildman–Crippen MR) is 63.6 cm³/mol. The van der Waals surface area contributed by atoms with E-state index in [2.05, 4.69) is 9.84 Å². The number of carbonyl (C=O) groups excluding carboxylic acids is 1. The topological polar surface area (TPSA) is 70.1 Å². The van der Waals surface area contributed by atoms with Gasteiger partial charge in [0.15, 0.2) is 18.1 Å². The fourth-order valence-electron chi connectivity index (χ4n) is 1.51. The number of alkyl halides is 3. The molecule has 20 heavy (non-hydrogen) atoms. The van der Waals surface area contributed by atoms with Gasteiger partial charge >= 0.3 is 6.18 Å². The summed E-state index contributed by atoms with van der Waals surface area (Å²) in [6, 6.07) is 8.55. The molecule has 2 aromatic rings. The summed E-state index contributed by atoms with van der Waals surface area (Å²) in [6.07, 6.45) is -3.33. The molecule has 8 heteroatoms. The number of para-hydroxylation sites is 1. The van der Waals surface area contributed by atoms with Crippen molar-refractivity contribution in [2.45, 2.75) is 6.18 Å². The molecule has 0 saturated carbocycles. The molecule has 1 aromatic carbocycles. The van der Waals surface area contributed by atoms with Crippen molar-refractivity contribution in [3.8, 4) is 11.4 Å². The van der Waals surface area contributed by atoms with Crippen molar-refractivity contribution in [2.75, 3.05) is 6.61 Å². The number of primary amides is 1. The number of hydrogen-bond acceptors (Lipinski definition) is 3. The summed E-state index contributed by atoms with van der Waals surface area (Å²) < 4.78 is 42.2. The van der Waals surface area contributed by atoms with E-state index in [1.54, 1.807) is 30.3 Å². The summed E-state index contributed by atoms with van der Waals surface area (Å²) in [7, 11) is 0. The van der Waals surface area contributed by atoms with E-state index in [0.29, 0.717) is 5.69 Å². The average Bonchev–Trinajstić information content (AvgIpc) is 2.81. The van der Waals surface area contributed by atoms with E-state index in [9.17, 15) is 18.0 Å². The molecule has 0 bridgehead atoms. The number of benzene rings is 1. The zero-order valence-corrected chi connectivity index (χ0v) is 10.1. The first kappa shape index (κ1) is 13.9. The summed E-state index contributed by atoms with van der Waals surface area (Å²) in [5.74, 6) is -1.27. The normalized spacial score (nSPS) is 11.3. The Morgan fingerprint density at radius 1 is 1.30 bits per heavy atom. The van der Waals surface area contributed by atoms with Crippen LogP contribution in [0.2, 0.25) is 0 Å². The van der Waals surface area contributed by atoms with Crippen LogP contribution in [-0.4, -0.2) is 28.5 Å². The van der Waals surface area contributed by atoms with Crippen molar-refractivity contribution in [2.24, 2.45) is 5.73 Å². The van der Waals surface area contributed by atoms with E-state index < -0.39 is 18.7 Å². The van der Waals surface area contributed by atoms with Gasteiger partial charge in [-0.1, -0.05) is 18.2 Å². The van der Waals surface area contributed by atoms with Crippen LogP contribution in [-0.2, 0) is 0 Å². The summed E-state index contributed by atoms with van der Waals surface area (Å²) >= 11 is 0. The Bertz CT molecular complexity index is 608. The molecule has 0 saturated heterocycles. The van der Waals surface area contributed by atoms with Gasteiger partial charge in [-0.3, -0.25) is 4.79 Å². The van der Waals surface area contributed by atoms with Gasteiger partial charge in [0.2, 0.25) is 0 Å². The molecular weight excluding hydrogens is 275 g/mol. The lowest BCUT2D eigenvalue weighted by atomic mass is 10.3. The minimum atomic E-state index is -4.51. The number of rotatable bonds is 4. The van der Waals surface area contributed by atoms with Crippen LogP contribution in [0.4, 0.5) is 13.2 Å². The molecule has 0 atom stereocenters. The van der Waals surface area contributed by atoms with E-state index in [0.717, 1.165) is 0 Å². The van der Waals surface area contributed by atoms with Crippen LogP contribution in [0.15, 0.2) is 36.5 Å². The van der Waals surface area contributed by atoms with Gasteiger partial charge in [0, 0.05) is 0 Å². The Balaban J connectivity index is 2.32. The number of carbonyl (C=O) groups is 1. The molecule has 0 aliphatic carbocycles. The van der Waals surface area contributed by atoms with Gasteiger partial charge in [-0.2, -0.15) is 18.3 Å². The third-order valence-electron chi connectivity index (χ3n) is 2.33. The summed E-state index contributed by atoms with van der Waals surface area (Å²) in [5.41, 5.74) is 5.29. The van der Waals surface area contributed by atoms with E-state index in [-0.39, 0.29) is 11.4 Å². The largest absolute Gasteiger partial charge is 0.480 e. The second-order valence-electron chi connectivity index (χ2n) is 3.89. The number of hydrogen-bond donors (Lipinski definition) is 1. The molecule has 106 valence electrons. The van der Waals surface area contributed by atoms with Crippen molar-refractivity contribution >= 4 is 5.91 Å². The highest BCUT2D eigenvalue weighted by atomic mass is 19.4. The zero-order chi connectivity index (χ0) is 14.8. The first-order chi connectivity index (χ1) is 9.37. The second kappa shape index (κ2) is 5.24. The summed E-state index contributed by atoms with van der Waals surface area (Å²) in [4.78, 5) is 11.2. The number of aromatic nitrogens is 2. The first-order valence-corrected chi connectivity index (χ1v) is 5.51. The van der Waals surface area contributed by atoms with E-state index >= 15 is 0 Å². The van der Waals surface area contributed by atoms with E-state index in [1.807, 2.05) is 0 Å². The Labute approximate surface area is 111 Å². The Morgan fingerprint density at radius 2 is 1.95 bits per heavy atom. The van der Waals surface area contributed by atoms with Gasteiger partial charge in [0.1, 0.15) is 0 Å². The number of halogens is 3. The maximum atomic E-state index is 12.1. The van der Waals surface area contributed by atoms with Gasteiger partial charge in [0.05, 0.1) is 11.9 Å². The molecule has 0 unspecified atom stereocenters. The molecule has 0 fully saturated rings. The highest BCUT2D eigenvalue weighted by Crippen LogP contribution is 2.22. The van der Waals surface area contributed by atoms with Gasteiger partial charge in [-0.05, 0) is 12.1 Å². The molecule has 0 aliphatic rings. The van der Waals surface area contributed by atoms with Crippen molar-refractivity contribution in [1.82, 2.24) is 9.78 Å². The smallest absolute Gasteiger partial charge is 0.422 e. The van der Waals surface area contributed by atoms with Gasteiger partial charge < -0.3 is 10.5 Å². The Morgan fingerprint density at radius 3 is 2.50 bits per heavy atom. The fraction of sp³-hybridized carbons (Fsp3) is 0.167. The fourth-order valence-corrected chi connectivity index (χ4v) is 1.51. The highest BCUT2D eigenvalue weighted by Gasteiger charge is 2.30. The van der Waals surface area contributed by atoms with Crippen molar-refractivity contribution < 1.29 is 22.7 Å². The standard InChI is InChI=1S/C12H10F3N3O2/c13-12(14,15)7-20-9-6-18(17-10(9)11(16)19)8-4-2-1-3-5-8/h1-6H,7H2,(H2,16,19). The van der Waals surface area contributed by atoms with Crippen LogP contribution >= 0.6 is 0 Å². The van der Waals surface area contributed by atoms with Crippen molar-refractivity contribution in [1.29, 1.82) is 0 Å². The number of amides is 1. The maximum absolute atomic E-state index is 12.1. The maximum Gasteiger partial charge on any atom is 0.422 e. The van der Waals surface area contributed by atoms with Crippen LogP contribution in [0.1, 0.15) is 10.5 Å². The second-order valence-corrected chi connectivity index (χ2v) is 3.89. The Hall–Kier alpha value is -2.51. The lowest BCUT2D eigenvalue weighted by Crippen LogP contribution is -2.21. The minimum Gasteiger partial charge on any atom is -0.480 e. The van der Waals surface area contributed by atoms with Crippen LogP contribution < -0.4 is 10.5 Å². The summed E-state index contributed by atoms with van der Waals surface area (Å²) in [5, 5.41) is 3.83. The molecule has 1 aromatic heterocycles. The average molecular weight is 285 g/mol. The number of ether oxygens (including phenoxy) is 1. The van der Waals surface area contributed by atoms with Gasteiger partial charge in [-0.15, -0.1) is 0 Å². The predicted octanol–water partition coefficient (Wildman–Crippen LogP) is 1.91. The van der Waals surface area contributed by atoms with E-state index in [1.165, 1.54) is 10.9 Å². The van der Waals surface area contributed by atoms with Gasteiger partial charge in [0.25, 0.3) is 5.91 Å². The molecule has 0 radical (unpaired) electrons. The lowest BCUT2D eigenvalue weighted by molar-refractivity contribution is -0.153. The van der Waals surface area contributed by atoms with Crippen LogP contribution in [0, 0.1) is 0 Å². The van der Waals surface area contributed by atoms with Crippen LogP contribution in [0.25, 0.3) is 5.69 Å². The summed E-state index contributed by atoms with van der Waals surface area (Å²) in [6.45, 7) is -1.52. The quantitative estimate of drug-likeness (QED) is 0.932. The zero-order valence-electron chi connectivity index (χ0n) is 10.1. The van der Waals surface area contributed by atoms with E-state index in [4.69, 9.17) is 5.73 Å². The minimum absolute atomic E-state index is 0.307. The number of nitrogens with zero attached hydrogens (tertiary/aromatic N) is 2. The Kier molecular flexibility index (Phi) is 3.64. The lowest BCUT2D eigenvalue weighted by Gasteiger charge is -2.07. The molecule has 0 spiro atoms. The van der Waals surface area contributed by atoms with Gasteiger partial charge in [-0.25, -0.2) is 4.68 Å². The van der Waals surface area contributed by atoms with Crippen LogP contribution in [0.5, 0.6) is 5.75 Å². The number of nitrogens with two attached hydrogens (primary N) is 1. The third kappa shape index (κ3) is 3.28. The molecule has 2 N–H and O–H groups in total.